The summed E-state index contributed by atoms with van der Waals surface area (Å²) in [5.74, 6) is -1.33. The van der Waals surface area contributed by atoms with Crippen molar-refractivity contribution >= 4 is 5.97 Å². The fourth-order valence-corrected chi connectivity index (χ4v) is 1.73. The number of esters is 1. The molecule has 0 bridgehead atoms. The molecule has 0 aliphatic rings. The summed E-state index contributed by atoms with van der Waals surface area (Å²) in [6.07, 6.45) is 0. The summed E-state index contributed by atoms with van der Waals surface area (Å²) in [5.41, 5.74) is 0.258. The van der Waals surface area contributed by atoms with Gasteiger partial charge in [0.2, 0.25) is 0 Å². The monoisotopic (exact) mass is 292 g/mol. The van der Waals surface area contributed by atoms with Gasteiger partial charge in [0.05, 0.1) is 17.7 Å². The standard InChI is InChI=1S/C16H14F2O3/c1-2-20-16(19)11-6-8-12(9-7-11)21-10-13-14(17)4-3-5-15(13)18/h3-9H,2,10H2,1H3. The highest BCUT2D eigenvalue weighted by atomic mass is 19.1. The maximum absolute atomic E-state index is 13.4. The van der Waals surface area contributed by atoms with Crippen molar-refractivity contribution in [2.75, 3.05) is 6.61 Å². The molecule has 110 valence electrons. The molecule has 0 N–H and O–H groups in total. The summed E-state index contributed by atoms with van der Waals surface area (Å²) in [5, 5.41) is 0. The molecule has 0 radical (unpaired) electrons. The molecule has 2 aromatic carbocycles. The molecular formula is C16H14F2O3. The Bertz CT molecular complexity index is 604. The van der Waals surface area contributed by atoms with E-state index in [1.54, 1.807) is 19.1 Å². The van der Waals surface area contributed by atoms with E-state index in [1.807, 2.05) is 0 Å². The van der Waals surface area contributed by atoms with Crippen LogP contribution in [0.2, 0.25) is 0 Å². The van der Waals surface area contributed by atoms with Gasteiger partial charge in [-0.3, -0.25) is 0 Å². The van der Waals surface area contributed by atoms with Gasteiger partial charge in [-0.25, -0.2) is 13.6 Å². The first kappa shape index (κ1) is 15.0. The molecule has 5 heteroatoms. The molecule has 0 saturated heterocycles. The minimum absolute atomic E-state index is 0.132. The summed E-state index contributed by atoms with van der Waals surface area (Å²) in [6.45, 7) is 1.79. The molecular weight excluding hydrogens is 278 g/mol. The molecule has 0 fully saturated rings. The maximum Gasteiger partial charge on any atom is 0.338 e. The minimum atomic E-state index is -0.654. The van der Waals surface area contributed by atoms with Crippen molar-refractivity contribution in [3.05, 3.63) is 65.2 Å². The molecule has 3 nitrogen and oxygen atoms in total. The van der Waals surface area contributed by atoms with Crippen molar-refractivity contribution in [1.29, 1.82) is 0 Å². The summed E-state index contributed by atoms with van der Waals surface area (Å²) in [6, 6.07) is 9.80. The normalized spacial score (nSPS) is 10.2. The van der Waals surface area contributed by atoms with Crippen molar-refractivity contribution in [3.8, 4) is 5.75 Å². The first-order chi connectivity index (χ1) is 10.1. The number of carbonyl (C=O) groups is 1. The van der Waals surface area contributed by atoms with Crippen LogP contribution < -0.4 is 4.74 Å². The summed E-state index contributed by atoms with van der Waals surface area (Å²) < 4.78 is 37.0. The molecule has 0 heterocycles. The molecule has 0 atom stereocenters. The van der Waals surface area contributed by atoms with Gasteiger partial charge in [-0.05, 0) is 43.3 Å². The van der Waals surface area contributed by atoms with Gasteiger partial charge in [0, 0.05) is 0 Å². The van der Waals surface area contributed by atoms with Gasteiger partial charge in [0.15, 0.2) is 0 Å². The molecule has 0 aliphatic heterocycles. The van der Waals surface area contributed by atoms with E-state index < -0.39 is 17.6 Å². The van der Waals surface area contributed by atoms with Gasteiger partial charge < -0.3 is 9.47 Å². The zero-order chi connectivity index (χ0) is 15.2. The molecule has 2 aromatic rings. The number of ether oxygens (including phenoxy) is 2. The predicted molar refractivity (Wildman–Crippen MR) is 73.1 cm³/mol. The molecule has 21 heavy (non-hydrogen) atoms. The third kappa shape index (κ3) is 3.78. The highest BCUT2D eigenvalue weighted by Crippen LogP contribution is 2.18. The van der Waals surface area contributed by atoms with Gasteiger partial charge in [-0.1, -0.05) is 6.07 Å². The quantitative estimate of drug-likeness (QED) is 0.788. The van der Waals surface area contributed by atoms with Crippen molar-refractivity contribution in [2.24, 2.45) is 0 Å². The predicted octanol–water partition coefficient (Wildman–Crippen LogP) is 3.72. The second kappa shape index (κ2) is 6.83. The number of hydrogen-bond donors (Lipinski definition) is 0. The number of halogens is 2. The van der Waals surface area contributed by atoms with Crippen LogP contribution >= 0.6 is 0 Å². The lowest BCUT2D eigenvalue weighted by atomic mass is 10.2. The molecule has 0 aromatic heterocycles. The van der Waals surface area contributed by atoms with Gasteiger partial charge in [-0.2, -0.15) is 0 Å². The minimum Gasteiger partial charge on any atom is -0.489 e. The van der Waals surface area contributed by atoms with Crippen LogP contribution in [0.15, 0.2) is 42.5 Å². The average molecular weight is 292 g/mol. The Balaban J connectivity index is 2.03. The largest absolute Gasteiger partial charge is 0.489 e. The van der Waals surface area contributed by atoms with E-state index >= 15 is 0 Å². The van der Waals surface area contributed by atoms with Crippen LogP contribution in [0.5, 0.6) is 5.75 Å². The van der Waals surface area contributed by atoms with Crippen LogP contribution in [-0.4, -0.2) is 12.6 Å². The fraction of sp³-hybridized carbons (Fsp3) is 0.188. The number of rotatable bonds is 5. The van der Waals surface area contributed by atoms with E-state index in [9.17, 15) is 13.6 Å². The first-order valence-corrected chi connectivity index (χ1v) is 6.44. The van der Waals surface area contributed by atoms with Crippen LogP contribution in [0.25, 0.3) is 0 Å². The highest BCUT2D eigenvalue weighted by Gasteiger charge is 2.10. The van der Waals surface area contributed by atoms with E-state index in [4.69, 9.17) is 9.47 Å². The average Bonchev–Trinajstić information content (AvgIpc) is 2.47. The summed E-state index contributed by atoms with van der Waals surface area (Å²) >= 11 is 0. The van der Waals surface area contributed by atoms with E-state index in [1.165, 1.54) is 30.3 Å². The Morgan fingerprint density at radius 3 is 2.24 bits per heavy atom. The topological polar surface area (TPSA) is 35.5 Å². The second-order valence-corrected chi connectivity index (χ2v) is 4.23. The SMILES string of the molecule is CCOC(=O)c1ccc(OCc2c(F)cccc2F)cc1. The van der Waals surface area contributed by atoms with Gasteiger partial charge in [0.25, 0.3) is 0 Å². The Labute approximate surface area is 121 Å². The molecule has 2 rings (SSSR count). The smallest absolute Gasteiger partial charge is 0.338 e. The van der Waals surface area contributed by atoms with E-state index in [0.717, 1.165) is 0 Å². The van der Waals surface area contributed by atoms with E-state index in [2.05, 4.69) is 0 Å². The molecule has 0 unspecified atom stereocenters. The van der Waals surface area contributed by atoms with Crippen LogP contribution in [-0.2, 0) is 11.3 Å². The zero-order valence-corrected chi connectivity index (χ0v) is 11.4. The van der Waals surface area contributed by atoms with Gasteiger partial charge in [0.1, 0.15) is 24.0 Å². The Morgan fingerprint density at radius 1 is 1.05 bits per heavy atom. The van der Waals surface area contributed by atoms with Crippen molar-refractivity contribution in [1.82, 2.24) is 0 Å². The summed E-state index contributed by atoms with van der Waals surface area (Å²) in [4.78, 5) is 11.5. The molecule has 0 amide bonds. The molecule has 0 aliphatic carbocycles. The van der Waals surface area contributed by atoms with E-state index in [-0.39, 0.29) is 12.2 Å². The Hall–Kier alpha value is -2.43. The van der Waals surface area contributed by atoms with Gasteiger partial charge >= 0.3 is 5.97 Å². The van der Waals surface area contributed by atoms with E-state index in [0.29, 0.717) is 17.9 Å². The number of carbonyl (C=O) groups excluding carboxylic acids is 1. The van der Waals surface area contributed by atoms with Crippen LogP contribution in [0.1, 0.15) is 22.8 Å². The number of hydrogen-bond acceptors (Lipinski definition) is 3. The van der Waals surface area contributed by atoms with Crippen molar-refractivity contribution < 1.29 is 23.0 Å². The summed E-state index contributed by atoms with van der Waals surface area (Å²) in [7, 11) is 0. The molecule has 0 saturated carbocycles. The van der Waals surface area contributed by atoms with Crippen LogP contribution in [0.3, 0.4) is 0 Å². The molecule has 0 spiro atoms. The third-order valence-corrected chi connectivity index (χ3v) is 2.81. The lowest BCUT2D eigenvalue weighted by Crippen LogP contribution is -2.05. The second-order valence-electron chi connectivity index (χ2n) is 4.23. The number of benzene rings is 2. The Morgan fingerprint density at radius 2 is 1.67 bits per heavy atom. The lowest BCUT2D eigenvalue weighted by Gasteiger charge is -2.08. The van der Waals surface area contributed by atoms with Crippen LogP contribution in [0, 0.1) is 11.6 Å². The third-order valence-electron chi connectivity index (χ3n) is 2.81. The lowest BCUT2D eigenvalue weighted by molar-refractivity contribution is 0.0526. The zero-order valence-electron chi connectivity index (χ0n) is 11.4. The van der Waals surface area contributed by atoms with Crippen molar-refractivity contribution in [2.45, 2.75) is 13.5 Å². The maximum atomic E-state index is 13.4. The van der Waals surface area contributed by atoms with Gasteiger partial charge in [-0.15, -0.1) is 0 Å². The van der Waals surface area contributed by atoms with Crippen molar-refractivity contribution in [3.63, 3.8) is 0 Å². The fourth-order valence-electron chi connectivity index (χ4n) is 1.73. The highest BCUT2D eigenvalue weighted by molar-refractivity contribution is 5.89. The van der Waals surface area contributed by atoms with Crippen LogP contribution in [0.4, 0.5) is 8.78 Å². The Kier molecular flexibility index (Phi) is 4.87. The first-order valence-electron chi connectivity index (χ1n) is 6.44.